The Labute approximate surface area is 101 Å². The molecule has 0 amide bonds. The molecule has 0 aromatic heterocycles. The highest BCUT2D eigenvalue weighted by atomic mass is 16.5. The Morgan fingerprint density at radius 1 is 1.41 bits per heavy atom. The number of aldehydes is 1. The van der Waals surface area contributed by atoms with Crippen LogP contribution in [0, 0.1) is 5.92 Å². The summed E-state index contributed by atoms with van der Waals surface area (Å²) in [6.45, 7) is 3.85. The van der Waals surface area contributed by atoms with Crippen LogP contribution in [0.5, 0.6) is 5.75 Å². The molecule has 0 radical (unpaired) electrons. The second-order valence-corrected chi connectivity index (χ2v) is 4.17. The molecule has 1 atom stereocenters. The average molecular weight is 237 g/mol. The van der Waals surface area contributed by atoms with Gasteiger partial charge in [-0.15, -0.1) is 0 Å². The van der Waals surface area contributed by atoms with Gasteiger partial charge in [-0.2, -0.15) is 0 Å². The quantitative estimate of drug-likeness (QED) is 0.348. The van der Waals surface area contributed by atoms with E-state index < -0.39 is 6.04 Å². The van der Waals surface area contributed by atoms with E-state index in [0.29, 0.717) is 17.1 Å². The minimum atomic E-state index is -0.413. The number of nitrogen functional groups attached to an aromatic ring is 1. The van der Waals surface area contributed by atoms with Gasteiger partial charge >= 0.3 is 0 Å². The van der Waals surface area contributed by atoms with E-state index in [9.17, 15) is 4.79 Å². The first-order valence-corrected chi connectivity index (χ1v) is 5.44. The number of anilines is 2. The predicted molar refractivity (Wildman–Crippen MR) is 68.8 cm³/mol. The Morgan fingerprint density at radius 2 is 2.06 bits per heavy atom. The molecule has 0 aliphatic carbocycles. The molecule has 0 saturated heterocycles. The lowest BCUT2D eigenvalue weighted by atomic mass is 10.0. The lowest BCUT2D eigenvalue weighted by molar-refractivity contribution is -0.109. The van der Waals surface area contributed by atoms with Crippen LogP contribution in [0.1, 0.15) is 13.8 Å². The largest absolute Gasteiger partial charge is 0.495 e. The molecule has 0 heterocycles. The van der Waals surface area contributed by atoms with Crippen molar-refractivity contribution >= 4 is 17.7 Å². The average Bonchev–Trinajstić information content (AvgIpc) is 2.29. The Morgan fingerprint density at radius 3 is 2.53 bits per heavy atom. The Balaban J connectivity index is 3.11. The van der Waals surface area contributed by atoms with Crippen molar-refractivity contribution in [1.29, 1.82) is 0 Å². The highest BCUT2D eigenvalue weighted by Crippen LogP contribution is 2.32. The number of rotatable bonds is 5. The molecule has 0 aliphatic rings. The van der Waals surface area contributed by atoms with Gasteiger partial charge < -0.3 is 15.3 Å². The number of nitrogens with two attached hydrogens (primary N) is 2. The highest BCUT2D eigenvalue weighted by Gasteiger charge is 2.21. The molecule has 0 fully saturated rings. The Bertz CT molecular complexity index is 393. The van der Waals surface area contributed by atoms with Gasteiger partial charge in [-0.05, 0) is 18.1 Å². The van der Waals surface area contributed by atoms with E-state index in [2.05, 4.69) is 0 Å². The van der Waals surface area contributed by atoms with Gasteiger partial charge in [0.15, 0.2) is 0 Å². The first-order chi connectivity index (χ1) is 8.02. The maximum absolute atomic E-state index is 11.0. The number of hydrazine groups is 1. The van der Waals surface area contributed by atoms with Gasteiger partial charge in [0, 0.05) is 0 Å². The number of carbonyl (C=O) groups is 1. The van der Waals surface area contributed by atoms with Gasteiger partial charge in [0.2, 0.25) is 0 Å². The van der Waals surface area contributed by atoms with Gasteiger partial charge in [0.1, 0.15) is 18.1 Å². The summed E-state index contributed by atoms with van der Waals surface area (Å²) in [4.78, 5) is 11.0. The number of carbonyl (C=O) groups excluding carboxylic acids is 1. The molecule has 1 unspecified atom stereocenters. The minimum absolute atomic E-state index is 0.100. The summed E-state index contributed by atoms with van der Waals surface area (Å²) in [7, 11) is 1.54. The second kappa shape index (κ2) is 5.54. The number of para-hydroxylation sites is 1. The van der Waals surface area contributed by atoms with Gasteiger partial charge in [0.05, 0.1) is 18.5 Å². The van der Waals surface area contributed by atoms with E-state index in [4.69, 9.17) is 16.3 Å². The van der Waals surface area contributed by atoms with Crippen LogP contribution in [0.4, 0.5) is 11.4 Å². The molecule has 5 nitrogen and oxygen atoms in total. The molecule has 4 N–H and O–H groups in total. The van der Waals surface area contributed by atoms with Gasteiger partial charge in [-0.3, -0.25) is 5.01 Å². The van der Waals surface area contributed by atoms with Crippen molar-refractivity contribution in [3.05, 3.63) is 18.2 Å². The molecular weight excluding hydrogens is 218 g/mol. The fraction of sp³-hybridized carbons (Fsp3) is 0.417. The van der Waals surface area contributed by atoms with Gasteiger partial charge in [-0.25, -0.2) is 5.84 Å². The molecule has 17 heavy (non-hydrogen) atoms. The second-order valence-electron chi connectivity index (χ2n) is 4.17. The SMILES string of the molecule is COc1cccc(N(N)C(C=O)C(C)C)c1N. The summed E-state index contributed by atoms with van der Waals surface area (Å²) >= 11 is 0. The Hall–Kier alpha value is -1.75. The van der Waals surface area contributed by atoms with Crippen molar-refractivity contribution in [3.8, 4) is 5.75 Å². The predicted octanol–water partition coefficient (Wildman–Crippen LogP) is 1.18. The summed E-state index contributed by atoms with van der Waals surface area (Å²) in [6, 6.07) is 4.88. The number of nitrogens with zero attached hydrogens (tertiary/aromatic N) is 1. The number of ether oxygens (including phenoxy) is 1. The third-order valence-electron chi connectivity index (χ3n) is 2.68. The Kier molecular flexibility index (Phi) is 4.34. The lowest BCUT2D eigenvalue weighted by Crippen LogP contribution is -2.45. The van der Waals surface area contributed by atoms with Crippen LogP contribution in [0.3, 0.4) is 0 Å². The number of methoxy groups -OCH3 is 1. The normalized spacial score (nSPS) is 12.3. The molecule has 94 valence electrons. The van der Waals surface area contributed by atoms with E-state index in [-0.39, 0.29) is 5.92 Å². The first-order valence-electron chi connectivity index (χ1n) is 5.44. The fourth-order valence-electron chi connectivity index (χ4n) is 1.64. The van der Waals surface area contributed by atoms with E-state index >= 15 is 0 Å². The van der Waals surface area contributed by atoms with Crippen LogP contribution >= 0.6 is 0 Å². The van der Waals surface area contributed by atoms with Gasteiger partial charge in [-0.1, -0.05) is 19.9 Å². The maximum Gasteiger partial charge on any atom is 0.144 e. The van der Waals surface area contributed by atoms with Crippen LogP contribution in [0.25, 0.3) is 0 Å². The molecule has 0 bridgehead atoms. The molecule has 0 aliphatic heterocycles. The van der Waals surface area contributed by atoms with Crippen LogP contribution in [0.15, 0.2) is 18.2 Å². The van der Waals surface area contributed by atoms with Crippen molar-refractivity contribution in [2.75, 3.05) is 17.9 Å². The molecule has 1 aromatic rings. The summed E-state index contributed by atoms with van der Waals surface area (Å²) in [5.41, 5.74) is 6.95. The summed E-state index contributed by atoms with van der Waals surface area (Å²) < 4.78 is 5.11. The van der Waals surface area contributed by atoms with Crippen LogP contribution in [-0.2, 0) is 4.79 Å². The molecular formula is C12H19N3O2. The number of benzene rings is 1. The monoisotopic (exact) mass is 237 g/mol. The maximum atomic E-state index is 11.0. The van der Waals surface area contributed by atoms with Crippen molar-refractivity contribution < 1.29 is 9.53 Å². The van der Waals surface area contributed by atoms with E-state index in [1.807, 2.05) is 13.8 Å². The van der Waals surface area contributed by atoms with E-state index in [0.717, 1.165) is 6.29 Å². The number of hydrogen-bond donors (Lipinski definition) is 2. The van der Waals surface area contributed by atoms with E-state index in [1.165, 1.54) is 12.1 Å². The zero-order chi connectivity index (χ0) is 13.0. The molecule has 0 spiro atoms. The fourth-order valence-corrected chi connectivity index (χ4v) is 1.64. The van der Waals surface area contributed by atoms with Crippen molar-refractivity contribution in [2.24, 2.45) is 11.8 Å². The van der Waals surface area contributed by atoms with Crippen LogP contribution < -0.4 is 21.3 Å². The van der Waals surface area contributed by atoms with Crippen LogP contribution in [-0.4, -0.2) is 19.4 Å². The first kappa shape index (κ1) is 13.3. The van der Waals surface area contributed by atoms with E-state index in [1.54, 1.807) is 18.2 Å². The smallest absolute Gasteiger partial charge is 0.144 e. The topological polar surface area (TPSA) is 81.6 Å². The summed E-state index contributed by atoms with van der Waals surface area (Å²) in [6.07, 6.45) is 0.823. The number of hydrogen-bond acceptors (Lipinski definition) is 5. The lowest BCUT2D eigenvalue weighted by Gasteiger charge is -2.29. The molecule has 5 heteroatoms. The summed E-state index contributed by atoms with van der Waals surface area (Å²) in [5, 5.41) is 1.38. The standard InChI is InChI=1S/C12H19N3O2/c1-8(2)10(7-16)15(14)9-5-4-6-11(17-3)12(9)13/h4-8,10H,13-14H2,1-3H3. The van der Waals surface area contributed by atoms with Crippen molar-refractivity contribution in [3.63, 3.8) is 0 Å². The zero-order valence-corrected chi connectivity index (χ0v) is 10.4. The zero-order valence-electron chi connectivity index (χ0n) is 10.4. The molecule has 1 rings (SSSR count). The molecule has 1 aromatic carbocycles. The van der Waals surface area contributed by atoms with Crippen molar-refractivity contribution in [2.45, 2.75) is 19.9 Å². The minimum Gasteiger partial charge on any atom is -0.495 e. The van der Waals surface area contributed by atoms with Crippen LogP contribution in [0.2, 0.25) is 0 Å². The highest BCUT2D eigenvalue weighted by molar-refractivity contribution is 5.77. The van der Waals surface area contributed by atoms with Gasteiger partial charge in [0.25, 0.3) is 0 Å². The molecule has 0 saturated carbocycles. The third kappa shape index (κ3) is 2.68. The summed E-state index contributed by atoms with van der Waals surface area (Å²) in [5.74, 6) is 6.59. The van der Waals surface area contributed by atoms with Crippen molar-refractivity contribution in [1.82, 2.24) is 0 Å². The third-order valence-corrected chi connectivity index (χ3v) is 2.68.